The topological polar surface area (TPSA) is 71.4 Å². The fraction of sp³-hybridized carbons (Fsp3) is 0.364. The molecule has 19 heavy (non-hydrogen) atoms. The van der Waals surface area contributed by atoms with Crippen molar-refractivity contribution in [3.63, 3.8) is 0 Å². The van der Waals surface area contributed by atoms with E-state index in [1.54, 1.807) is 0 Å². The summed E-state index contributed by atoms with van der Waals surface area (Å²) >= 11 is 0. The van der Waals surface area contributed by atoms with Gasteiger partial charge in [-0.15, -0.1) is 0 Å². The van der Waals surface area contributed by atoms with Gasteiger partial charge in [-0.2, -0.15) is 13.2 Å². The number of carboxylic acid groups (broad SMARTS) is 1. The maximum absolute atomic E-state index is 12.1. The van der Waals surface area contributed by atoms with Crippen LogP contribution < -0.4 is 0 Å². The Bertz CT molecular complexity index is 546. The zero-order chi connectivity index (χ0) is 14.7. The molecule has 0 radical (unpaired) electrons. The number of carboxylic acids is 1. The van der Waals surface area contributed by atoms with E-state index in [-0.39, 0.29) is 12.8 Å². The van der Waals surface area contributed by atoms with Crippen LogP contribution >= 0.6 is 0 Å². The van der Waals surface area contributed by atoms with Crippen LogP contribution in [-0.4, -0.2) is 31.4 Å². The second kappa shape index (κ2) is 5.60. The molecule has 0 aliphatic rings. The van der Waals surface area contributed by atoms with E-state index in [1.807, 2.05) is 0 Å². The number of alkyl halides is 3. The lowest BCUT2D eigenvalue weighted by Crippen LogP contribution is -2.22. The molecule has 0 unspecified atom stereocenters. The Morgan fingerprint density at radius 2 is 1.68 bits per heavy atom. The third-order valence-electron chi connectivity index (χ3n) is 2.26. The summed E-state index contributed by atoms with van der Waals surface area (Å²) in [5.74, 6) is -2.91. The van der Waals surface area contributed by atoms with Gasteiger partial charge in [-0.3, -0.25) is 4.79 Å². The summed E-state index contributed by atoms with van der Waals surface area (Å²) in [6.45, 7) is 0. The second-order valence-corrected chi connectivity index (χ2v) is 5.90. The molecule has 1 aromatic carbocycles. The minimum absolute atomic E-state index is 0.130. The van der Waals surface area contributed by atoms with Gasteiger partial charge in [0.2, 0.25) is 0 Å². The van der Waals surface area contributed by atoms with E-state index in [0.717, 1.165) is 12.1 Å². The minimum atomic E-state index is -4.79. The Morgan fingerprint density at radius 3 is 2.11 bits per heavy atom. The van der Waals surface area contributed by atoms with Crippen LogP contribution in [0.5, 0.6) is 0 Å². The number of halogens is 3. The number of benzene rings is 1. The van der Waals surface area contributed by atoms with Gasteiger partial charge in [-0.1, -0.05) is 12.1 Å². The molecular weight excluding hydrogens is 285 g/mol. The third kappa shape index (κ3) is 5.29. The fourth-order valence-corrected chi connectivity index (χ4v) is 2.56. The SMILES string of the molecule is O=C(O)CCc1ccc(S(=O)(=O)CC(F)(F)F)cc1. The van der Waals surface area contributed by atoms with Crippen molar-refractivity contribution >= 4 is 15.8 Å². The van der Waals surface area contributed by atoms with Gasteiger partial charge in [0.05, 0.1) is 4.90 Å². The molecule has 0 bridgehead atoms. The Labute approximate surface area is 107 Å². The van der Waals surface area contributed by atoms with E-state index in [1.165, 1.54) is 12.1 Å². The average molecular weight is 296 g/mol. The highest BCUT2D eigenvalue weighted by Crippen LogP contribution is 2.22. The van der Waals surface area contributed by atoms with Crippen LogP contribution in [-0.2, 0) is 21.1 Å². The van der Waals surface area contributed by atoms with Gasteiger partial charge in [-0.05, 0) is 24.1 Å². The summed E-state index contributed by atoms with van der Waals surface area (Å²) in [6, 6.07) is 4.73. The predicted octanol–water partition coefficient (Wildman–Crippen LogP) is 2.04. The van der Waals surface area contributed by atoms with Crippen LogP contribution in [0.2, 0.25) is 0 Å². The summed E-state index contributed by atoms with van der Waals surface area (Å²) in [6.07, 6.45) is -4.73. The lowest BCUT2D eigenvalue weighted by molar-refractivity contribution is -0.137. The maximum Gasteiger partial charge on any atom is 0.403 e. The number of hydrogen-bond acceptors (Lipinski definition) is 3. The van der Waals surface area contributed by atoms with E-state index in [2.05, 4.69) is 0 Å². The molecule has 1 N–H and O–H groups in total. The van der Waals surface area contributed by atoms with Crippen molar-refractivity contribution in [2.24, 2.45) is 0 Å². The molecule has 0 atom stereocenters. The molecule has 0 spiro atoms. The van der Waals surface area contributed by atoms with E-state index in [9.17, 15) is 26.4 Å². The first-order valence-electron chi connectivity index (χ1n) is 5.20. The standard InChI is InChI=1S/C11H11F3O4S/c12-11(13,14)7-19(17,18)9-4-1-8(2-5-9)3-6-10(15)16/h1-2,4-5H,3,6-7H2,(H,15,16). The summed E-state index contributed by atoms with van der Waals surface area (Å²) in [5, 5.41) is 8.47. The number of aliphatic carboxylic acids is 1. The largest absolute Gasteiger partial charge is 0.481 e. The maximum atomic E-state index is 12.1. The predicted molar refractivity (Wildman–Crippen MR) is 60.5 cm³/mol. The van der Waals surface area contributed by atoms with Crippen molar-refractivity contribution in [3.05, 3.63) is 29.8 Å². The minimum Gasteiger partial charge on any atom is -0.481 e. The lowest BCUT2D eigenvalue weighted by Gasteiger charge is -2.08. The zero-order valence-electron chi connectivity index (χ0n) is 9.64. The molecule has 0 aromatic heterocycles. The highest BCUT2D eigenvalue weighted by Gasteiger charge is 2.35. The molecule has 0 saturated heterocycles. The quantitative estimate of drug-likeness (QED) is 0.902. The second-order valence-electron chi connectivity index (χ2n) is 3.91. The van der Waals surface area contributed by atoms with Crippen molar-refractivity contribution in [1.82, 2.24) is 0 Å². The van der Waals surface area contributed by atoms with Crippen molar-refractivity contribution in [1.29, 1.82) is 0 Å². The van der Waals surface area contributed by atoms with Crippen LogP contribution in [0, 0.1) is 0 Å². The Hall–Kier alpha value is -1.57. The summed E-state index contributed by atoms with van der Waals surface area (Å²) in [5.41, 5.74) is 0.549. The first-order valence-corrected chi connectivity index (χ1v) is 6.86. The molecular formula is C11H11F3O4S. The van der Waals surface area contributed by atoms with E-state index >= 15 is 0 Å². The van der Waals surface area contributed by atoms with Gasteiger partial charge in [-0.25, -0.2) is 8.42 Å². The van der Waals surface area contributed by atoms with Crippen molar-refractivity contribution in [2.75, 3.05) is 5.75 Å². The first kappa shape index (κ1) is 15.5. The molecule has 1 rings (SSSR count). The highest BCUT2D eigenvalue weighted by molar-refractivity contribution is 7.91. The average Bonchev–Trinajstić information content (AvgIpc) is 2.23. The van der Waals surface area contributed by atoms with E-state index in [0.29, 0.717) is 5.56 Å². The van der Waals surface area contributed by atoms with Crippen LogP contribution in [0.3, 0.4) is 0 Å². The third-order valence-corrected chi connectivity index (χ3v) is 3.96. The number of hydrogen-bond donors (Lipinski definition) is 1. The van der Waals surface area contributed by atoms with Gasteiger partial charge in [0.1, 0.15) is 0 Å². The summed E-state index contributed by atoms with van der Waals surface area (Å²) in [4.78, 5) is 9.91. The van der Waals surface area contributed by atoms with Gasteiger partial charge < -0.3 is 5.11 Å². The molecule has 0 saturated carbocycles. The molecule has 0 heterocycles. The summed E-state index contributed by atoms with van der Waals surface area (Å²) < 4.78 is 59.1. The highest BCUT2D eigenvalue weighted by atomic mass is 32.2. The van der Waals surface area contributed by atoms with Crippen LogP contribution in [0.25, 0.3) is 0 Å². The van der Waals surface area contributed by atoms with Gasteiger partial charge >= 0.3 is 12.1 Å². The number of carbonyl (C=O) groups is 1. The van der Waals surface area contributed by atoms with Crippen LogP contribution in [0.15, 0.2) is 29.2 Å². The molecule has 0 amide bonds. The Balaban J connectivity index is 2.84. The van der Waals surface area contributed by atoms with Crippen molar-refractivity contribution < 1.29 is 31.5 Å². The molecule has 0 aliphatic carbocycles. The van der Waals surface area contributed by atoms with Crippen LogP contribution in [0.4, 0.5) is 13.2 Å². The van der Waals surface area contributed by atoms with Crippen LogP contribution in [0.1, 0.15) is 12.0 Å². The van der Waals surface area contributed by atoms with E-state index < -0.39 is 32.6 Å². The summed E-state index contributed by atoms with van der Waals surface area (Å²) in [7, 11) is -4.41. The molecule has 106 valence electrons. The van der Waals surface area contributed by atoms with Crippen molar-refractivity contribution in [3.8, 4) is 0 Å². The fourth-order valence-electron chi connectivity index (χ4n) is 1.41. The number of rotatable bonds is 5. The molecule has 4 nitrogen and oxygen atoms in total. The van der Waals surface area contributed by atoms with Crippen molar-refractivity contribution in [2.45, 2.75) is 23.9 Å². The molecule has 8 heteroatoms. The lowest BCUT2D eigenvalue weighted by atomic mass is 10.1. The molecule has 0 fully saturated rings. The van der Waals surface area contributed by atoms with Gasteiger partial charge in [0.25, 0.3) is 0 Å². The Morgan fingerprint density at radius 1 is 1.16 bits per heavy atom. The molecule has 0 aliphatic heterocycles. The smallest absolute Gasteiger partial charge is 0.403 e. The molecule has 1 aromatic rings. The number of aryl methyl sites for hydroxylation is 1. The van der Waals surface area contributed by atoms with Gasteiger partial charge in [0, 0.05) is 6.42 Å². The monoisotopic (exact) mass is 296 g/mol. The zero-order valence-corrected chi connectivity index (χ0v) is 10.5. The van der Waals surface area contributed by atoms with E-state index in [4.69, 9.17) is 5.11 Å². The normalized spacial score (nSPS) is 12.4. The van der Waals surface area contributed by atoms with Gasteiger partial charge in [0.15, 0.2) is 15.6 Å². The first-order chi connectivity index (χ1) is 8.60. The number of sulfone groups is 1. The Kier molecular flexibility index (Phi) is 4.56.